The molecule has 33 heavy (non-hydrogen) atoms. The van der Waals surface area contributed by atoms with Gasteiger partial charge >= 0.3 is 0 Å². The molecular weight excluding hydrogens is 480 g/mol. The minimum Gasteiger partial charge on any atom is -0.494 e. The largest absolute Gasteiger partial charge is 0.494 e. The fourth-order valence-corrected chi connectivity index (χ4v) is 7.64. The van der Waals surface area contributed by atoms with Crippen LogP contribution in [0.2, 0.25) is 0 Å². The topological polar surface area (TPSA) is 83.1 Å². The van der Waals surface area contributed by atoms with Gasteiger partial charge in [-0.05, 0) is 63.5 Å². The van der Waals surface area contributed by atoms with Crippen LogP contribution in [0, 0.1) is 0 Å². The number of sulfonamides is 1. The average molecular weight is 509 g/mol. The number of nitrogens with zero attached hydrogens (tertiary/aromatic N) is 4. The monoisotopic (exact) mass is 508 g/mol. The number of anilines is 1. The van der Waals surface area contributed by atoms with Crippen molar-refractivity contribution in [3.63, 3.8) is 0 Å². The van der Waals surface area contributed by atoms with Crippen molar-refractivity contribution in [1.82, 2.24) is 14.2 Å². The molecule has 1 atom stereocenters. The van der Waals surface area contributed by atoms with Crippen LogP contribution in [0.5, 0.6) is 5.75 Å². The van der Waals surface area contributed by atoms with Gasteiger partial charge in [0.1, 0.15) is 16.0 Å². The molecule has 1 aliphatic rings. The normalized spacial score (nSPS) is 17.2. The minimum atomic E-state index is -3.71. The summed E-state index contributed by atoms with van der Waals surface area (Å²) in [4.78, 5) is 22.1. The van der Waals surface area contributed by atoms with Gasteiger partial charge in [0.15, 0.2) is 5.13 Å². The molecule has 0 bridgehead atoms. The third kappa shape index (κ3) is 5.07. The lowest BCUT2D eigenvalue weighted by atomic mass is 10.2. The van der Waals surface area contributed by atoms with E-state index in [1.54, 1.807) is 22.4 Å². The van der Waals surface area contributed by atoms with Gasteiger partial charge in [0.05, 0.1) is 16.8 Å². The highest BCUT2D eigenvalue weighted by Crippen LogP contribution is 2.34. The van der Waals surface area contributed by atoms with Crippen molar-refractivity contribution in [1.29, 1.82) is 0 Å². The van der Waals surface area contributed by atoms with Gasteiger partial charge in [-0.2, -0.15) is 4.31 Å². The number of ether oxygens (including phenoxy) is 1. The zero-order valence-electron chi connectivity index (χ0n) is 18.9. The van der Waals surface area contributed by atoms with Crippen molar-refractivity contribution in [2.45, 2.75) is 30.0 Å². The molecule has 2 aromatic heterocycles. The van der Waals surface area contributed by atoms with E-state index in [1.165, 1.54) is 27.0 Å². The molecule has 1 amide bonds. The molecule has 1 unspecified atom stereocenters. The van der Waals surface area contributed by atoms with Gasteiger partial charge in [0, 0.05) is 19.6 Å². The summed E-state index contributed by atoms with van der Waals surface area (Å²) in [5, 5.41) is 2.31. The van der Waals surface area contributed by atoms with Gasteiger partial charge in [-0.15, -0.1) is 11.3 Å². The van der Waals surface area contributed by atoms with Gasteiger partial charge in [-0.3, -0.25) is 9.69 Å². The number of rotatable bonds is 9. The molecule has 0 radical (unpaired) electrons. The van der Waals surface area contributed by atoms with E-state index in [1.807, 2.05) is 44.1 Å². The predicted molar refractivity (Wildman–Crippen MR) is 133 cm³/mol. The molecule has 3 aromatic rings. The Morgan fingerprint density at radius 1 is 1.27 bits per heavy atom. The molecule has 1 aromatic carbocycles. The number of carbonyl (C=O) groups is 1. The van der Waals surface area contributed by atoms with Crippen molar-refractivity contribution < 1.29 is 17.9 Å². The lowest BCUT2D eigenvalue weighted by Crippen LogP contribution is -2.49. The highest BCUT2D eigenvalue weighted by atomic mass is 32.2. The zero-order chi connectivity index (χ0) is 23.6. The molecule has 178 valence electrons. The van der Waals surface area contributed by atoms with E-state index in [9.17, 15) is 13.2 Å². The third-order valence-corrected chi connectivity index (χ3v) is 9.80. The van der Waals surface area contributed by atoms with Crippen LogP contribution < -0.4 is 9.64 Å². The maximum absolute atomic E-state index is 13.8. The molecule has 1 fully saturated rings. The highest BCUT2D eigenvalue weighted by molar-refractivity contribution is 7.91. The number of thiazole rings is 1. The number of hydrogen-bond donors (Lipinski definition) is 0. The summed E-state index contributed by atoms with van der Waals surface area (Å²) >= 11 is 2.59. The van der Waals surface area contributed by atoms with E-state index in [-0.39, 0.29) is 10.1 Å². The van der Waals surface area contributed by atoms with Crippen molar-refractivity contribution in [3.8, 4) is 5.75 Å². The highest BCUT2D eigenvalue weighted by Gasteiger charge is 2.42. The summed E-state index contributed by atoms with van der Waals surface area (Å²) in [6.45, 7) is 3.90. The number of amides is 1. The van der Waals surface area contributed by atoms with Crippen molar-refractivity contribution >= 4 is 54.0 Å². The number of carbonyl (C=O) groups excluding carboxylic acids is 1. The van der Waals surface area contributed by atoms with E-state index in [0.717, 1.165) is 16.0 Å². The van der Waals surface area contributed by atoms with E-state index in [4.69, 9.17) is 9.72 Å². The van der Waals surface area contributed by atoms with Crippen molar-refractivity contribution in [2.75, 3.05) is 45.2 Å². The molecule has 0 spiro atoms. The van der Waals surface area contributed by atoms with Crippen molar-refractivity contribution in [3.05, 3.63) is 35.7 Å². The fourth-order valence-electron chi connectivity index (χ4n) is 3.85. The predicted octanol–water partition coefficient (Wildman–Crippen LogP) is 3.50. The lowest BCUT2D eigenvalue weighted by molar-refractivity contribution is -0.121. The third-order valence-electron chi connectivity index (χ3n) is 5.47. The first-order chi connectivity index (χ1) is 15.8. The molecule has 3 heterocycles. The molecule has 11 heteroatoms. The Balaban J connectivity index is 1.66. The van der Waals surface area contributed by atoms with Gasteiger partial charge in [-0.1, -0.05) is 17.4 Å². The molecule has 0 saturated carbocycles. The Hall–Kier alpha value is -2.05. The maximum Gasteiger partial charge on any atom is 0.253 e. The number of fused-ring (bicyclic) bond motifs is 1. The summed E-state index contributed by atoms with van der Waals surface area (Å²) in [6, 6.07) is 8.26. The van der Waals surface area contributed by atoms with Gasteiger partial charge < -0.3 is 9.64 Å². The molecule has 1 saturated heterocycles. The number of benzene rings is 1. The number of aromatic nitrogens is 1. The molecular formula is C22H28N4O4S3. The minimum absolute atomic E-state index is 0.224. The van der Waals surface area contributed by atoms with E-state index >= 15 is 0 Å². The summed E-state index contributed by atoms with van der Waals surface area (Å²) in [7, 11) is 0.173. The summed E-state index contributed by atoms with van der Waals surface area (Å²) in [6.07, 6.45) is 1.15. The van der Waals surface area contributed by atoms with E-state index in [2.05, 4.69) is 0 Å². The first kappa shape index (κ1) is 24.1. The summed E-state index contributed by atoms with van der Waals surface area (Å²) in [5.41, 5.74) is 0.788. The number of hydrogen-bond acceptors (Lipinski definition) is 8. The van der Waals surface area contributed by atoms with Gasteiger partial charge in [0.2, 0.25) is 5.91 Å². The second-order valence-corrected chi connectivity index (χ2v) is 12.1. The smallest absolute Gasteiger partial charge is 0.253 e. The maximum atomic E-state index is 13.8. The molecule has 8 nitrogen and oxygen atoms in total. The van der Waals surface area contributed by atoms with Gasteiger partial charge in [-0.25, -0.2) is 13.4 Å². The van der Waals surface area contributed by atoms with Crippen LogP contribution >= 0.6 is 22.7 Å². The average Bonchev–Trinajstić information content (AvgIpc) is 3.53. The Kier molecular flexibility index (Phi) is 7.34. The van der Waals surface area contributed by atoms with E-state index < -0.39 is 16.1 Å². The van der Waals surface area contributed by atoms with Crippen LogP contribution in [0.1, 0.15) is 19.8 Å². The first-order valence-electron chi connectivity index (χ1n) is 10.9. The Morgan fingerprint density at radius 2 is 2.09 bits per heavy atom. The zero-order valence-corrected chi connectivity index (χ0v) is 21.4. The Morgan fingerprint density at radius 3 is 2.79 bits per heavy atom. The first-order valence-corrected chi connectivity index (χ1v) is 14.0. The SMILES string of the molecule is CCOc1ccc2nc(N(CCN(C)C)C(=O)C3CCCN3S(=O)(=O)c3cccs3)sc2c1. The van der Waals surface area contributed by atoms with Crippen LogP contribution in [0.3, 0.4) is 0 Å². The summed E-state index contributed by atoms with van der Waals surface area (Å²) < 4.78 is 34.6. The molecule has 4 rings (SSSR count). The molecule has 1 aliphatic heterocycles. The number of thiophene rings is 1. The van der Waals surface area contributed by atoms with Crippen LogP contribution in [0.4, 0.5) is 5.13 Å². The van der Waals surface area contributed by atoms with E-state index in [0.29, 0.717) is 44.2 Å². The fraction of sp³-hybridized carbons (Fsp3) is 0.455. The Bertz CT molecular complexity index is 1210. The van der Waals surface area contributed by atoms with Crippen LogP contribution in [-0.4, -0.2) is 74.9 Å². The standard InChI is InChI=1S/C22H28N4O4S3/c1-4-30-16-9-10-17-19(15-16)32-22(23-17)25(13-12-24(2)3)21(27)18-7-5-11-26(18)33(28,29)20-8-6-14-31-20/h6,8-10,14-15,18H,4-5,7,11-13H2,1-3H3. The second-order valence-electron chi connectivity index (χ2n) is 8.06. The van der Waals surface area contributed by atoms with Crippen LogP contribution in [0.15, 0.2) is 39.9 Å². The second kappa shape index (κ2) is 10.1. The van der Waals surface area contributed by atoms with Gasteiger partial charge in [0.25, 0.3) is 10.0 Å². The molecule has 0 aliphatic carbocycles. The summed E-state index contributed by atoms with van der Waals surface area (Å²) in [5.74, 6) is 0.536. The number of likely N-dealkylation sites (N-methyl/N-ethyl adjacent to an activating group) is 1. The quantitative estimate of drug-likeness (QED) is 0.440. The Labute approximate surface area is 202 Å². The van der Waals surface area contributed by atoms with Crippen molar-refractivity contribution in [2.24, 2.45) is 0 Å². The lowest BCUT2D eigenvalue weighted by Gasteiger charge is -2.29. The van der Waals surface area contributed by atoms with Crippen LogP contribution in [0.25, 0.3) is 10.2 Å². The van der Waals surface area contributed by atoms with Crippen LogP contribution in [-0.2, 0) is 14.8 Å². The molecule has 0 N–H and O–H groups in total.